The van der Waals surface area contributed by atoms with E-state index in [1.165, 1.54) is 32.1 Å². The standard InChI is InChI=1S/C24H31F3/c1-2-3-4-5-8-18-11-13-19(14-12-18)21-9-6-7-10-22(21)24(27)17-20(25)15-16-23(24)26/h6-7,9-10,16-19H,2-5,8,11-15H2,1H3. The molecule has 1 atom stereocenters. The first kappa shape index (κ1) is 20.2. The lowest BCUT2D eigenvalue weighted by molar-refractivity contribution is 0.223. The molecule has 2 aliphatic rings. The van der Waals surface area contributed by atoms with E-state index in [2.05, 4.69) is 6.92 Å². The maximum absolute atomic E-state index is 15.5. The zero-order chi connectivity index (χ0) is 19.3. The predicted molar refractivity (Wildman–Crippen MR) is 106 cm³/mol. The second kappa shape index (κ2) is 9.12. The van der Waals surface area contributed by atoms with Crippen molar-refractivity contribution in [2.24, 2.45) is 5.92 Å². The molecule has 0 amide bonds. The summed E-state index contributed by atoms with van der Waals surface area (Å²) in [6.45, 7) is 2.23. The van der Waals surface area contributed by atoms with Crippen LogP contribution in [0, 0.1) is 5.92 Å². The summed E-state index contributed by atoms with van der Waals surface area (Å²) in [5.74, 6) is -0.509. The fourth-order valence-corrected chi connectivity index (χ4v) is 4.69. The van der Waals surface area contributed by atoms with E-state index >= 15 is 4.39 Å². The Morgan fingerprint density at radius 3 is 2.48 bits per heavy atom. The average Bonchev–Trinajstić information content (AvgIpc) is 2.69. The highest BCUT2D eigenvalue weighted by atomic mass is 19.2. The first-order valence-corrected chi connectivity index (χ1v) is 10.6. The molecule has 0 nitrogen and oxygen atoms in total. The van der Waals surface area contributed by atoms with Gasteiger partial charge in [0, 0.05) is 12.0 Å². The molecular weight excluding hydrogens is 345 g/mol. The molecule has 3 rings (SSSR count). The van der Waals surface area contributed by atoms with Gasteiger partial charge in [0.05, 0.1) is 0 Å². The number of rotatable bonds is 7. The molecular formula is C24H31F3. The van der Waals surface area contributed by atoms with Crippen LogP contribution in [0.3, 0.4) is 0 Å². The van der Waals surface area contributed by atoms with E-state index in [9.17, 15) is 8.78 Å². The van der Waals surface area contributed by atoms with Gasteiger partial charge >= 0.3 is 0 Å². The summed E-state index contributed by atoms with van der Waals surface area (Å²) in [7, 11) is 0. The predicted octanol–water partition coefficient (Wildman–Crippen LogP) is 8.21. The second-order valence-electron chi connectivity index (χ2n) is 8.21. The minimum atomic E-state index is -2.46. The number of hydrogen-bond acceptors (Lipinski definition) is 0. The fraction of sp³-hybridized carbons (Fsp3) is 0.583. The largest absolute Gasteiger partial charge is 0.226 e. The summed E-state index contributed by atoms with van der Waals surface area (Å²) in [4.78, 5) is 0. The third-order valence-electron chi connectivity index (χ3n) is 6.28. The van der Waals surface area contributed by atoms with Gasteiger partial charge in [-0.2, -0.15) is 0 Å². The molecule has 1 saturated carbocycles. The van der Waals surface area contributed by atoms with Crippen molar-refractivity contribution in [1.29, 1.82) is 0 Å². The Balaban J connectivity index is 1.71. The molecule has 1 unspecified atom stereocenters. The molecule has 1 fully saturated rings. The topological polar surface area (TPSA) is 0 Å². The number of benzene rings is 1. The third-order valence-corrected chi connectivity index (χ3v) is 6.28. The summed E-state index contributed by atoms with van der Waals surface area (Å²) >= 11 is 0. The van der Waals surface area contributed by atoms with Crippen molar-refractivity contribution >= 4 is 0 Å². The molecule has 1 aromatic rings. The molecule has 27 heavy (non-hydrogen) atoms. The van der Waals surface area contributed by atoms with E-state index in [1.807, 2.05) is 12.1 Å². The molecule has 1 aromatic carbocycles. The SMILES string of the molecule is CCCCCCC1CCC(c2ccccc2C2(F)C=C(F)CC=C2F)CC1. The Morgan fingerprint density at radius 1 is 1.00 bits per heavy atom. The van der Waals surface area contributed by atoms with Gasteiger partial charge in [0.2, 0.25) is 5.67 Å². The molecule has 0 saturated heterocycles. The zero-order valence-electron chi connectivity index (χ0n) is 16.3. The van der Waals surface area contributed by atoms with Gasteiger partial charge in [-0.25, -0.2) is 13.2 Å². The van der Waals surface area contributed by atoms with Gasteiger partial charge < -0.3 is 0 Å². The summed E-state index contributed by atoms with van der Waals surface area (Å²) in [6.07, 6.45) is 12.4. The molecule has 0 aliphatic heterocycles. The van der Waals surface area contributed by atoms with E-state index in [4.69, 9.17) is 0 Å². The Hall–Kier alpha value is -1.51. The van der Waals surface area contributed by atoms with Crippen molar-refractivity contribution in [3.05, 3.63) is 59.2 Å². The average molecular weight is 377 g/mol. The van der Waals surface area contributed by atoms with E-state index in [-0.39, 0.29) is 17.9 Å². The van der Waals surface area contributed by atoms with Gasteiger partial charge in [-0.3, -0.25) is 0 Å². The number of hydrogen-bond donors (Lipinski definition) is 0. The highest BCUT2D eigenvalue weighted by Crippen LogP contribution is 2.47. The van der Waals surface area contributed by atoms with Crippen molar-refractivity contribution in [2.45, 2.75) is 82.7 Å². The zero-order valence-corrected chi connectivity index (χ0v) is 16.3. The van der Waals surface area contributed by atoms with Crippen molar-refractivity contribution in [1.82, 2.24) is 0 Å². The van der Waals surface area contributed by atoms with Crippen molar-refractivity contribution < 1.29 is 13.2 Å². The van der Waals surface area contributed by atoms with Crippen molar-refractivity contribution in [2.75, 3.05) is 0 Å². The number of allylic oxidation sites excluding steroid dienone is 4. The molecule has 0 spiro atoms. The quantitative estimate of drug-likeness (QED) is 0.421. The van der Waals surface area contributed by atoms with Crippen LogP contribution < -0.4 is 0 Å². The lowest BCUT2D eigenvalue weighted by atomic mass is 9.74. The van der Waals surface area contributed by atoms with E-state index in [0.717, 1.165) is 49.3 Å². The normalized spacial score (nSPS) is 28.6. The van der Waals surface area contributed by atoms with E-state index in [1.54, 1.807) is 12.1 Å². The molecule has 0 N–H and O–H groups in total. The lowest BCUT2D eigenvalue weighted by Crippen LogP contribution is -2.25. The van der Waals surface area contributed by atoms with Gasteiger partial charge in [0.1, 0.15) is 11.7 Å². The van der Waals surface area contributed by atoms with Gasteiger partial charge in [-0.05, 0) is 55.2 Å². The molecule has 0 heterocycles. The second-order valence-corrected chi connectivity index (χ2v) is 8.21. The first-order valence-electron chi connectivity index (χ1n) is 10.6. The van der Waals surface area contributed by atoms with Crippen molar-refractivity contribution in [3.63, 3.8) is 0 Å². The van der Waals surface area contributed by atoms with Gasteiger partial charge in [-0.15, -0.1) is 0 Å². The molecule has 0 radical (unpaired) electrons. The highest BCUT2D eigenvalue weighted by molar-refractivity contribution is 5.45. The lowest BCUT2D eigenvalue weighted by Gasteiger charge is -2.33. The van der Waals surface area contributed by atoms with Gasteiger partial charge in [-0.1, -0.05) is 63.3 Å². The van der Waals surface area contributed by atoms with Crippen LogP contribution in [0.25, 0.3) is 0 Å². The summed E-state index contributed by atoms with van der Waals surface area (Å²) < 4.78 is 43.6. The summed E-state index contributed by atoms with van der Waals surface area (Å²) in [5, 5.41) is 0. The van der Waals surface area contributed by atoms with Crippen LogP contribution in [0.4, 0.5) is 13.2 Å². The summed E-state index contributed by atoms with van der Waals surface area (Å²) in [5.41, 5.74) is -1.34. The minimum absolute atomic E-state index is 0.164. The molecule has 3 heteroatoms. The monoisotopic (exact) mass is 376 g/mol. The Morgan fingerprint density at radius 2 is 1.74 bits per heavy atom. The van der Waals surface area contributed by atoms with Crippen LogP contribution in [-0.2, 0) is 5.67 Å². The Labute approximate surface area is 161 Å². The Kier molecular flexibility index (Phi) is 6.83. The smallest absolute Gasteiger partial charge is 0.207 e. The first-order chi connectivity index (χ1) is 13.0. The van der Waals surface area contributed by atoms with Crippen molar-refractivity contribution in [3.8, 4) is 0 Å². The maximum atomic E-state index is 15.5. The molecule has 0 bridgehead atoms. The molecule has 148 valence electrons. The van der Waals surface area contributed by atoms with Crippen LogP contribution in [-0.4, -0.2) is 0 Å². The minimum Gasteiger partial charge on any atom is -0.226 e. The van der Waals surface area contributed by atoms with E-state index < -0.39 is 17.3 Å². The molecule has 2 aliphatic carbocycles. The van der Waals surface area contributed by atoms with Gasteiger partial charge in [0.15, 0.2) is 0 Å². The number of unbranched alkanes of at least 4 members (excludes halogenated alkanes) is 3. The number of alkyl halides is 1. The van der Waals surface area contributed by atoms with Crippen LogP contribution in [0.2, 0.25) is 0 Å². The Bertz CT molecular complexity index is 683. The van der Waals surface area contributed by atoms with E-state index in [0.29, 0.717) is 0 Å². The van der Waals surface area contributed by atoms with Crippen LogP contribution in [0.15, 0.2) is 48.1 Å². The van der Waals surface area contributed by atoms with Crippen LogP contribution >= 0.6 is 0 Å². The van der Waals surface area contributed by atoms with Gasteiger partial charge in [0.25, 0.3) is 0 Å². The maximum Gasteiger partial charge on any atom is 0.207 e. The summed E-state index contributed by atoms with van der Waals surface area (Å²) in [6, 6.07) is 7.11. The highest BCUT2D eigenvalue weighted by Gasteiger charge is 2.41. The number of halogens is 3. The third kappa shape index (κ3) is 4.67. The van der Waals surface area contributed by atoms with Crippen LogP contribution in [0.5, 0.6) is 0 Å². The van der Waals surface area contributed by atoms with Crippen LogP contribution in [0.1, 0.15) is 88.2 Å². The fourth-order valence-electron chi connectivity index (χ4n) is 4.69. The molecule has 0 aromatic heterocycles.